The van der Waals surface area contributed by atoms with E-state index in [0.29, 0.717) is 5.75 Å². The minimum atomic E-state index is -0.00327. The van der Waals surface area contributed by atoms with Gasteiger partial charge in [0.25, 0.3) is 0 Å². The van der Waals surface area contributed by atoms with Crippen molar-refractivity contribution >= 4 is 17.7 Å². The molecule has 1 saturated heterocycles. The molecule has 5 heteroatoms. The summed E-state index contributed by atoms with van der Waals surface area (Å²) in [6.07, 6.45) is 4.19. The third-order valence-corrected chi connectivity index (χ3v) is 4.83. The maximum absolute atomic E-state index is 12.4. The van der Waals surface area contributed by atoms with Gasteiger partial charge in [0, 0.05) is 11.4 Å². The van der Waals surface area contributed by atoms with E-state index in [2.05, 4.69) is 0 Å². The molecule has 1 aromatic carbocycles. The van der Waals surface area contributed by atoms with Crippen LogP contribution in [0, 0.1) is 0 Å². The standard InChI is InChI=1S/C16H23NO3S/c1-20-14-6-8-15(9-7-14)21-12-16(19)17-10-4-2-3-5-13(17)11-18/h6-9,13,18H,2-5,10-12H2,1H3. The van der Waals surface area contributed by atoms with E-state index < -0.39 is 0 Å². The summed E-state index contributed by atoms with van der Waals surface area (Å²) in [5.41, 5.74) is 0. The average Bonchev–Trinajstić information content (AvgIpc) is 2.78. The van der Waals surface area contributed by atoms with Crippen molar-refractivity contribution in [3.63, 3.8) is 0 Å². The maximum Gasteiger partial charge on any atom is 0.233 e. The first-order valence-corrected chi connectivity index (χ1v) is 8.40. The van der Waals surface area contributed by atoms with Crippen LogP contribution in [0.15, 0.2) is 29.2 Å². The van der Waals surface area contributed by atoms with Crippen molar-refractivity contribution in [1.29, 1.82) is 0 Å². The van der Waals surface area contributed by atoms with Gasteiger partial charge in [0.15, 0.2) is 0 Å². The van der Waals surface area contributed by atoms with Crippen LogP contribution in [0.4, 0.5) is 0 Å². The number of aliphatic hydroxyl groups is 1. The Hall–Kier alpha value is -1.20. The van der Waals surface area contributed by atoms with Crippen LogP contribution in [-0.4, -0.2) is 48.0 Å². The van der Waals surface area contributed by atoms with E-state index in [-0.39, 0.29) is 18.6 Å². The highest BCUT2D eigenvalue weighted by Crippen LogP contribution is 2.23. The third kappa shape index (κ3) is 4.64. The predicted octanol–water partition coefficient (Wildman–Crippen LogP) is 2.55. The van der Waals surface area contributed by atoms with Gasteiger partial charge in [0.2, 0.25) is 5.91 Å². The lowest BCUT2D eigenvalue weighted by Crippen LogP contribution is -2.43. The molecule has 1 atom stereocenters. The fourth-order valence-corrected chi connectivity index (χ4v) is 3.38. The normalized spacial score (nSPS) is 19.1. The summed E-state index contributed by atoms with van der Waals surface area (Å²) >= 11 is 1.53. The first-order chi connectivity index (χ1) is 10.2. The summed E-state index contributed by atoms with van der Waals surface area (Å²) in [5, 5.41) is 9.46. The number of likely N-dealkylation sites (tertiary alicyclic amines) is 1. The Morgan fingerprint density at radius 1 is 1.33 bits per heavy atom. The van der Waals surface area contributed by atoms with Crippen LogP contribution in [0.25, 0.3) is 0 Å². The van der Waals surface area contributed by atoms with E-state index in [9.17, 15) is 9.90 Å². The molecule has 1 heterocycles. The number of ether oxygens (including phenoxy) is 1. The molecule has 1 aliphatic rings. The second-order valence-corrected chi connectivity index (χ2v) is 6.29. The van der Waals surface area contributed by atoms with Crippen LogP contribution in [-0.2, 0) is 4.79 Å². The second-order valence-electron chi connectivity index (χ2n) is 5.24. The lowest BCUT2D eigenvalue weighted by molar-refractivity contribution is -0.131. The number of carbonyl (C=O) groups excluding carboxylic acids is 1. The summed E-state index contributed by atoms with van der Waals surface area (Å²) in [7, 11) is 1.64. The van der Waals surface area contributed by atoms with Gasteiger partial charge in [-0.1, -0.05) is 12.8 Å². The van der Waals surface area contributed by atoms with Crippen LogP contribution in [0.1, 0.15) is 25.7 Å². The van der Waals surface area contributed by atoms with E-state index in [1.54, 1.807) is 7.11 Å². The van der Waals surface area contributed by atoms with E-state index in [1.165, 1.54) is 11.8 Å². The molecule has 21 heavy (non-hydrogen) atoms. The lowest BCUT2D eigenvalue weighted by Gasteiger charge is -2.28. The van der Waals surface area contributed by atoms with Crippen molar-refractivity contribution in [2.75, 3.05) is 26.0 Å². The van der Waals surface area contributed by atoms with Crippen molar-refractivity contribution in [2.45, 2.75) is 36.6 Å². The Morgan fingerprint density at radius 3 is 2.76 bits per heavy atom. The molecule has 2 rings (SSSR count). The predicted molar refractivity (Wildman–Crippen MR) is 84.8 cm³/mol. The van der Waals surface area contributed by atoms with Gasteiger partial charge in [-0.15, -0.1) is 11.8 Å². The number of carbonyl (C=O) groups is 1. The van der Waals surface area contributed by atoms with Gasteiger partial charge < -0.3 is 14.7 Å². The maximum atomic E-state index is 12.4. The lowest BCUT2D eigenvalue weighted by atomic mass is 10.1. The van der Waals surface area contributed by atoms with Crippen molar-refractivity contribution in [3.8, 4) is 5.75 Å². The number of thioether (sulfide) groups is 1. The van der Waals surface area contributed by atoms with Crippen molar-refractivity contribution in [1.82, 2.24) is 4.90 Å². The molecule has 0 spiro atoms. The summed E-state index contributed by atoms with van der Waals surface area (Å²) < 4.78 is 5.12. The van der Waals surface area contributed by atoms with Gasteiger partial charge in [0.05, 0.1) is 25.5 Å². The van der Waals surface area contributed by atoms with Crippen LogP contribution in [0.3, 0.4) is 0 Å². The first kappa shape index (κ1) is 16.2. The van der Waals surface area contributed by atoms with E-state index in [4.69, 9.17) is 4.74 Å². The SMILES string of the molecule is COc1ccc(SCC(=O)N2CCCCCC2CO)cc1. The molecule has 0 bridgehead atoms. The minimum absolute atomic E-state index is 0.00327. The Labute approximate surface area is 130 Å². The van der Waals surface area contributed by atoms with Gasteiger partial charge in [-0.05, 0) is 37.1 Å². The summed E-state index contributed by atoms with van der Waals surface area (Å²) in [4.78, 5) is 15.3. The number of rotatable bonds is 5. The summed E-state index contributed by atoms with van der Waals surface area (Å²) in [6, 6.07) is 7.71. The molecule has 0 aliphatic carbocycles. The molecular formula is C16H23NO3S. The third-order valence-electron chi connectivity index (χ3n) is 3.83. The number of amides is 1. The largest absolute Gasteiger partial charge is 0.497 e. The van der Waals surface area contributed by atoms with Gasteiger partial charge in [0.1, 0.15) is 5.75 Å². The molecule has 0 saturated carbocycles. The summed E-state index contributed by atoms with van der Waals surface area (Å²) in [6.45, 7) is 0.839. The quantitative estimate of drug-likeness (QED) is 0.849. The van der Waals surface area contributed by atoms with E-state index >= 15 is 0 Å². The number of methoxy groups -OCH3 is 1. The van der Waals surface area contributed by atoms with Gasteiger partial charge in [-0.2, -0.15) is 0 Å². The molecule has 1 unspecified atom stereocenters. The molecule has 1 amide bonds. The van der Waals surface area contributed by atoms with Crippen LogP contribution in [0.2, 0.25) is 0 Å². The Bertz CT molecular complexity index is 449. The molecule has 0 radical (unpaired) electrons. The van der Waals surface area contributed by atoms with Crippen molar-refractivity contribution in [3.05, 3.63) is 24.3 Å². The molecule has 1 N–H and O–H groups in total. The molecule has 1 fully saturated rings. The van der Waals surface area contributed by atoms with Gasteiger partial charge >= 0.3 is 0 Å². The highest BCUT2D eigenvalue weighted by molar-refractivity contribution is 8.00. The molecule has 1 aromatic rings. The van der Waals surface area contributed by atoms with Crippen LogP contribution < -0.4 is 4.74 Å². The van der Waals surface area contributed by atoms with E-state index in [1.807, 2.05) is 29.2 Å². The van der Waals surface area contributed by atoms with E-state index in [0.717, 1.165) is 42.9 Å². The zero-order valence-corrected chi connectivity index (χ0v) is 13.3. The van der Waals surface area contributed by atoms with Gasteiger partial charge in [-0.3, -0.25) is 4.79 Å². The zero-order valence-electron chi connectivity index (χ0n) is 12.5. The fraction of sp³-hybridized carbons (Fsp3) is 0.562. The smallest absolute Gasteiger partial charge is 0.233 e. The van der Waals surface area contributed by atoms with Crippen molar-refractivity contribution < 1.29 is 14.6 Å². The minimum Gasteiger partial charge on any atom is -0.497 e. The Morgan fingerprint density at radius 2 is 2.10 bits per heavy atom. The number of benzene rings is 1. The fourth-order valence-electron chi connectivity index (χ4n) is 2.60. The highest BCUT2D eigenvalue weighted by Gasteiger charge is 2.24. The highest BCUT2D eigenvalue weighted by atomic mass is 32.2. The molecular weight excluding hydrogens is 286 g/mol. The second kappa shape index (κ2) is 8.29. The Kier molecular flexibility index (Phi) is 6.39. The number of nitrogens with zero attached hydrogens (tertiary/aromatic N) is 1. The molecule has 4 nitrogen and oxygen atoms in total. The zero-order chi connectivity index (χ0) is 15.1. The molecule has 1 aliphatic heterocycles. The number of hydrogen-bond donors (Lipinski definition) is 1. The number of hydrogen-bond acceptors (Lipinski definition) is 4. The first-order valence-electron chi connectivity index (χ1n) is 7.41. The summed E-state index contributed by atoms with van der Waals surface area (Å²) in [5.74, 6) is 1.36. The topological polar surface area (TPSA) is 49.8 Å². The molecule has 116 valence electrons. The van der Waals surface area contributed by atoms with Crippen molar-refractivity contribution in [2.24, 2.45) is 0 Å². The van der Waals surface area contributed by atoms with Crippen LogP contribution in [0.5, 0.6) is 5.75 Å². The average molecular weight is 309 g/mol. The number of aliphatic hydroxyl groups excluding tert-OH is 1. The monoisotopic (exact) mass is 309 g/mol. The van der Waals surface area contributed by atoms with Gasteiger partial charge in [-0.25, -0.2) is 0 Å². The van der Waals surface area contributed by atoms with Crippen LogP contribution >= 0.6 is 11.8 Å². The molecule has 0 aromatic heterocycles. The Balaban J connectivity index is 1.89.